The Morgan fingerprint density at radius 3 is 2.70 bits per heavy atom. The quantitative estimate of drug-likeness (QED) is 0.816. The number of aliphatic hydroxyl groups is 1. The summed E-state index contributed by atoms with van der Waals surface area (Å²) < 4.78 is 39.4. The molecule has 8 heteroatoms. The van der Waals surface area contributed by atoms with Crippen molar-refractivity contribution in [2.75, 3.05) is 25.4 Å². The first-order valence-electron chi connectivity index (χ1n) is 8.65. The molecule has 1 atom stereocenters. The second-order valence-corrected chi connectivity index (χ2v) is 7.62. The summed E-state index contributed by atoms with van der Waals surface area (Å²) in [6, 6.07) is 5.16. The van der Waals surface area contributed by atoms with Crippen molar-refractivity contribution >= 4 is 17.7 Å². The first-order valence-corrected chi connectivity index (χ1v) is 9.63. The summed E-state index contributed by atoms with van der Waals surface area (Å²) in [6.07, 6.45) is -2.94. The smallest absolute Gasteiger partial charge is 0.387 e. The molecule has 0 aliphatic carbocycles. The van der Waals surface area contributed by atoms with Crippen LogP contribution in [0.4, 0.5) is 13.2 Å². The van der Waals surface area contributed by atoms with Gasteiger partial charge in [-0.25, -0.2) is 0 Å². The van der Waals surface area contributed by atoms with Crippen LogP contribution < -0.4 is 5.32 Å². The summed E-state index contributed by atoms with van der Waals surface area (Å²) in [7, 11) is 0. The lowest BCUT2D eigenvalue weighted by Crippen LogP contribution is -2.34. The number of carbonyl (C=O) groups is 1. The number of carbonyl (C=O) groups excluding carboxylic acids is 1. The van der Waals surface area contributed by atoms with E-state index in [-0.39, 0.29) is 18.0 Å². The van der Waals surface area contributed by atoms with E-state index in [2.05, 4.69) is 5.32 Å². The average Bonchev–Trinajstić information content (AvgIpc) is 2.62. The Balaban J connectivity index is 1.67. The van der Waals surface area contributed by atoms with Gasteiger partial charge in [-0.1, -0.05) is 24.3 Å². The van der Waals surface area contributed by atoms with Gasteiger partial charge in [-0.15, -0.1) is 11.8 Å². The molecule has 1 aromatic carbocycles. The van der Waals surface area contributed by atoms with Crippen molar-refractivity contribution in [1.29, 1.82) is 0 Å². The molecule has 2 N–H and O–H groups in total. The molecule has 1 amide bonds. The fraction of sp³-hybridized carbons (Fsp3) is 0.421. The zero-order chi connectivity index (χ0) is 19.6. The van der Waals surface area contributed by atoms with Crippen LogP contribution in [0.3, 0.4) is 0 Å². The number of amides is 1. The fourth-order valence-electron chi connectivity index (χ4n) is 3.35. The molecular weight excluding hydrogens is 377 g/mol. The third-order valence-electron chi connectivity index (χ3n) is 4.66. The first kappa shape index (κ1) is 20.0. The Morgan fingerprint density at radius 2 is 2.07 bits per heavy atom. The predicted molar refractivity (Wildman–Crippen MR) is 98.8 cm³/mol. The van der Waals surface area contributed by atoms with Gasteiger partial charge in [-0.3, -0.25) is 9.69 Å². The first-order chi connectivity index (χ1) is 12.8. The molecule has 0 radical (unpaired) electrons. The lowest BCUT2D eigenvalue weighted by molar-refractivity contribution is -0.139. The maximum Gasteiger partial charge on any atom is 0.416 e. The predicted octanol–water partition coefficient (Wildman–Crippen LogP) is 3.47. The van der Waals surface area contributed by atoms with Crippen LogP contribution in [0.15, 0.2) is 46.5 Å². The van der Waals surface area contributed by atoms with Crippen LogP contribution in [0.25, 0.3) is 0 Å². The van der Waals surface area contributed by atoms with E-state index in [4.69, 9.17) is 0 Å². The fourth-order valence-corrected chi connectivity index (χ4v) is 4.34. The second-order valence-electron chi connectivity index (χ2n) is 6.63. The molecular formula is C19H21F3N2O2S. The van der Waals surface area contributed by atoms with Crippen molar-refractivity contribution in [2.24, 2.45) is 0 Å². The number of hydrogen-bond acceptors (Lipinski definition) is 4. The van der Waals surface area contributed by atoms with E-state index < -0.39 is 17.8 Å². The number of benzene rings is 1. The highest BCUT2D eigenvalue weighted by atomic mass is 32.2. The van der Waals surface area contributed by atoms with Gasteiger partial charge in [0.25, 0.3) is 0 Å². The zero-order valence-corrected chi connectivity index (χ0v) is 15.7. The highest BCUT2D eigenvalue weighted by Crippen LogP contribution is 2.36. The maximum absolute atomic E-state index is 13.1. The Hall–Kier alpha value is -1.77. The number of thioether (sulfide) groups is 1. The molecule has 2 heterocycles. The van der Waals surface area contributed by atoms with Gasteiger partial charge < -0.3 is 10.4 Å². The monoisotopic (exact) mass is 398 g/mol. The lowest BCUT2D eigenvalue weighted by Gasteiger charge is -2.30. The van der Waals surface area contributed by atoms with E-state index in [0.29, 0.717) is 18.8 Å². The number of halogens is 3. The van der Waals surface area contributed by atoms with Crippen molar-refractivity contribution in [3.8, 4) is 0 Å². The van der Waals surface area contributed by atoms with Gasteiger partial charge in [0.15, 0.2) is 0 Å². The van der Waals surface area contributed by atoms with Crippen molar-refractivity contribution in [3.63, 3.8) is 0 Å². The van der Waals surface area contributed by atoms with Crippen molar-refractivity contribution in [2.45, 2.75) is 25.6 Å². The normalized spacial score (nSPS) is 20.3. The Morgan fingerprint density at radius 1 is 1.33 bits per heavy atom. The molecule has 0 bridgehead atoms. The number of hydrogen-bond donors (Lipinski definition) is 2. The number of alkyl halides is 3. The highest BCUT2D eigenvalue weighted by molar-refractivity contribution is 8.04. The molecule has 2 aliphatic heterocycles. The summed E-state index contributed by atoms with van der Waals surface area (Å²) in [6.45, 7) is 3.19. The maximum atomic E-state index is 13.1. The number of nitrogens with one attached hydrogen (secondary N) is 1. The summed E-state index contributed by atoms with van der Waals surface area (Å²) in [5.74, 6) is 0.381. The Bertz CT molecular complexity index is 789. The van der Waals surface area contributed by atoms with Gasteiger partial charge in [-0.2, -0.15) is 13.2 Å². The van der Waals surface area contributed by atoms with E-state index in [0.717, 1.165) is 28.7 Å². The molecule has 1 unspecified atom stereocenters. The Kier molecular flexibility index (Phi) is 5.98. The van der Waals surface area contributed by atoms with Crippen molar-refractivity contribution < 1.29 is 23.1 Å². The molecule has 0 aromatic heterocycles. The van der Waals surface area contributed by atoms with E-state index in [1.165, 1.54) is 30.0 Å². The largest absolute Gasteiger partial charge is 0.416 e. The molecule has 0 spiro atoms. The van der Waals surface area contributed by atoms with Gasteiger partial charge in [0.1, 0.15) is 0 Å². The molecule has 146 valence electrons. The van der Waals surface area contributed by atoms with Gasteiger partial charge in [-0.05, 0) is 30.5 Å². The van der Waals surface area contributed by atoms with E-state index in [1.807, 2.05) is 17.9 Å². The summed E-state index contributed by atoms with van der Waals surface area (Å²) in [5.41, 5.74) is 1.10. The second kappa shape index (κ2) is 8.08. The summed E-state index contributed by atoms with van der Waals surface area (Å²) in [5, 5.41) is 13.2. The van der Waals surface area contributed by atoms with Gasteiger partial charge in [0, 0.05) is 30.2 Å². The summed E-state index contributed by atoms with van der Waals surface area (Å²) >= 11 is 1.51. The van der Waals surface area contributed by atoms with Crippen LogP contribution in [0.1, 0.15) is 30.6 Å². The van der Waals surface area contributed by atoms with Crippen LogP contribution in [-0.4, -0.2) is 41.3 Å². The van der Waals surface area contributed by atoms with Gasteiger partial charge >= 0.3 is 6.18 Å². The van der Waals surface area contributed by atoms with Crippen LogP contribution in [0.2, 0.25) is 0 Å². The molecule has 4 nitrogen and oxygen atoms in total. The number of β-amino-alcohol motifs (C(OH)–C–C–N with tert-alkyl or cyclic N) is 1. The average molecular weight is 398 g/mol. The summed E-state index contributed by atoms with van der Waals surface area (Å²) in [4.78, 5) is 14.4. The molecule has 0 fully saturated rings. The van der Waals surface area contributed by atoms with Crippen LogP contribution in [0.5, 0.6) is 0 Å². The van der Waals surface area contributed by atoms with Crippen molar-refractivity contribution in [3.05, 3.63) is 57.6 Å². The molecule has 3 rings (SSSR count). The van der Waals surface area contributed by atoms with Crippen LogP contribution >= 0.6 is 11.8 Å². The van der Waals surface area contributed by atoms with Crippen molar-refractivity contribution in [1.82, 2.24) is 10.2 Å². The molecule has 0 saturated carbocycles. The third kappa shape index (κ3) is 4.75. The lowest BCUT2D eigenvalue weighted by atomic mass is 10.0. The highest BCUT2D eigenvalue weighted by Gasteiger charge is 2.35. The number of aliphatic hydroxyl groups excluding tert-OH is 1. The van der Waals surface area contributed by atoms with Crippen LogP contribution in [0, 0.1) is 0 Å². The molecule has 2 aliphatic rings. The Labute approximate surface area is 160 Å². The number of rotatable bonds is 4. The molecule has 1 aromatic rings. The SMILES string of the molecule is CC1=C(C2=CCN(CC(O)c3ccccc3C(F)(F)F)CC2)SCC(=O)N1. The van der Waals surface area contributed by atoms with E-state index in [9.17, 15) is 23.1 Å². The standard InChI is InChI=1S/C19H21F3N2O2S/c1-12-18(27-11-17(26)23-12)13-6-8-24(9-7-13)10-16(25)14-4-2-3-5-15(14)19(20,21)22/h2-6,16,25H,7-11H2,1H3,(H,23,26). The minimum Gasteiger partial charge on any atom is -0.387 e. The topological polar surface area (TPSA) is 52.6 Å². The molecule has 0 saturated heterocycles. The zero-order valence-electron chi connectivity index (χ0n) is 14.8. The molecule has 27 heavy (non-hydrogen) atoms. The van der Waals surface area contributed by atoms with Gasteiger partial charge in [0.2, 0.25) is 5.91 Å². The minimum atomic E-state index is -4.49. The number of allylic oxidation sites excluding steroid dienone is 2. The van der Waals surface area contributed by atoms with E-state index >= 15 is 0 Å². The third-order valence-corrected chi connectivity index (χ3v) is 5.92. The minimum absolute atomic E-state index is 0.00858. The van der Waals surface area contributed by atoms with E-state index in [1.54, 1.807) is 0 Å². The number of nitrogens with zero attached hydrogens (tertiary/aromatic N) is 1. The van der Waals surface area contributed by atoms with Gasteiger partial charge in [0.05, 0.1) is 17.4 Å². The van der Waals surface area contributed by atoms with Crippen LogP contribution in [-0.2, 0) is 11.0 Å².